The molecule has 0 bridgehead atoms. The standard InChI is InChI=1S/C51H37NO/c1-51(2)47-17-9-6-14-42(47)43-31-29-40(33-48(43)51)52(38-25-20-35(21-26-38)34-12-4-3-5-13-34)39-27-22-36(23-28-39)37-24-30-41-44-15-7-10-18-49(44)53-50-19-11-8-16-45(50)46(41)32-37/h3-33H,1-2H3. The van der Waals surface area contributed by atoms with Gasteiger partial charge in [0.05, 0.1) is 0 Å². The molecule has 0 radical (unpaired) electrons. The first-order valence-electron chi connectivity index (χ1n) is 18.3. The topological polar surface area (TPSA) is 12.5 Å². The van der Waals surface area contributed by atoms with Gasteiger partial charge in [0.25, 0.3) is 0 Å². The van der Waals surface area contributed by atoms with E-state index in [0.29, 0.717) is 0 Å². The molecule has 0 fully saturated rings. The van der Waals surface area contributed by atoms with Crippen LogP contribution < -0.4 is 9.64 Å². The molecule has 252 valence electrons. The van der Waals surface area contributed by atoms with Crippen molar-refractivity contribution in [3.05, 3.63) is 199 Å². The molecule has 0 saturated heterocycles. The fourth-order valence-electron chi connectivity index (χ4n) is 8.37. The van der Waals surface area contributed by atoms with Gasteiger partial charge in [-0.2, -0.15) is 0 Å². The van der Waals surface area contributed by atoms with Crippen molar-refractivity contribution in [2.24, 2.45) is 0 Å². The molecule has 8 aromatic carbocycles. The Morgan fingerprint density at radius 3 is 1.49 bits per heavy atom. The lowest BCUT2D eigenvalue weighted by Crippen LogP contribution is -2.16. The van der Waals surface area contributed by atoms with Gasteiger partial charge in [0, 0.05) is 33.6 Å². The van der Waals surface area contributed by atoms with Crippen molar-refractivity contribution in [2.45, 2.75) is 19.3 Å². The summed E-state index contributed by atoms with van der Waals surface area (Å²) in [6, 6.07) is 67.8. The Kier molecular flexibility index (Phi) is 7.19. The van der Waals surface area contributed by atoms with Gasteiger partial charge in [-0.1, -0.05) is 147 Å². The number of ether oxygens (including phenoxy) is 1. The Hall–Kier alpha value is -6.64. The monoisotopic (exact) mass is 679 g/mol. The van der Waals surface area contributed by atoms with Gasteiger partial charge in [-0.3, -0.25) is 0 Å². The first-order chi connectivity index (χ1) is 26.0. The zero-order valence-corrected chi connectivity index (χ0v) is 29.8. The van der Waals surface area contributed by atoms with E-state index in [4.69, 9.17) is 4.74 Å². The molecule has 0 spiro atoms. The van der Waals surface area contributed by atoms with Crippen molar-refractivity contribution in [3.63, 3.8) is 0 Å². The maximum atomic E-state index is 6.44. The third-order valence-electron chi connectivity index (χ3n) is 11.1. The zero-order chi connectivity index (χ0) is 35.5. The molecule has 10 rings (SSSR count). The minimum atomic E-state index is -0.0931. The molecule has 0 saturated carbocycles. The number of nitrogens with zero attached hydrogens (tertiary/aromatic N) is 1. The molecule has 0 unspecified atom stereocenters. The van der Waals surface area contributed by atoms with Crippen molar-refractivity contribution >= 4 is 17.1 Å². The minimum Gasteiger partial charge on any atom is -0.456 e. The van der Waals surface area contributed by atoms with Gasteiger partial charge in [-0.25, -0.2) is 0 Å². The highest BCUT2D eigenvalue weighted by molar-refractivity contribution is 5.93. The van der Waals surface area contributed by atoms with Crippen LogP contribution in [-0.4, -0.2) is 0 Å². The predicted octanol–water partition coefficient (Wildman–Crippen LogP) is 14.2. The van der Waals surface area contributed by atoms with Crippen LogP contribution >= 0.6 is 0 Å². The fourth-order valence-corrected chi connectivity index (χ4v) is 8.37. The Bertz CT molecular complexity index is 2650. The smallest absolute Gasteiger partial charge is 0.135 e. The highest BCUT2D eigenvalue weighted by Gasteiger charge is 2.35. The average molecular weight is 680 g/mol. The number of hydrogen-bond donors (Lipinski definition) is 0. The molecule has 2 aliphatic rings. The van der Waals surface area contributed by atoms with Crippen molar-refractivity contribution in [1.82, 2.24) is 0 Å². The lowest BCUT2D eigenvalue weighted by Gasteiger charge is -2.28. The van der Waals surface area contributed by atoms with Crippen molar-refractivity contribution in [3.8, 4) is 67.1 Å². The SMILES string of the molecule is CC1(C)c2ccccc2-c2ccc(N(c3ccc(-c4ccccc4)cc3)c3ccc(-c4ccc5c(c4)-c4ccccc4Oc4ccccc4-5)cc3)cc21. The van der Waals surface area contributed by atoms with Crippen LogP contribution in [-0.2, 0) is 5.41 Å². The number of anilines is 3. The molecule has 0 aromatic heterocycles. The molecular formula is C51H37NO. The van der Waals surface area contributed by atoms with Crippen LogP contribution in [0, 0.1) is 0 Å². The molecule has 0 amide bonds. The van der Waals surface area contributed by atoms with E-state index in [2.05, 4.69) is 195 Å². The number of rotatable bonds is 5. The second-order valence-corrected chi connectivity index (χ2v) is 14.6. The molecule has 1 heterocycles. The van der Waals surface area contributed by atoms with Gasteiger partial charge in [0.15, 0.2) is 0 Å². The Balaban J connectivity index is 1.07. The number of fused-ring (bicyclic) bond motifs is 8. The first-order valence-corrected chi connectivity index (χ1v) is 18.3. The maximum Gasteiger partial charge on any atom is 0.135 e. The lowest BCUT2D eigenvalue weighted by molar-refractivity contribution is 0.488. The normalized spacial score (nSPS) is 13.0. The maximum absolute atomic E-state index is 6.44. The Morgan fingerprint density at radius 2 is 0.811 bits per heavy atom. The molecule has 0 atom stereocenters. The summed E-state index contributed by atoms with van der Waals surface area (Å²) in [7, 11) is 0. The highest BCUT2D eigenvalue weighted by atomic mass is 16.5. The summed E-state index contributed by atoms with van der Waals surface area (Å²) in [5.41, 5.74) is 18.0. The van der Waals surface area contributed by atoms with E-state index in [1.165, 1.54) is 50.1 Å². The summed E-state index contributed by atoms with van der Waals surface area (Å²) in [6.45, 7) is 4.69. The van der Waals surface area contributed by atoms with Crippen molar-refractivity contribution in [2.75, 3.05) is 4.90 Å². The van der Waals surface area contributed by atoms with Crippen molar-refractivity contribution in [1.29, 1.82) is 0 Å². The van der Waals surface area contributed by atoms with Crippen LogP contribution in [0.1, 0.15) is 25.0 Å². The quantitative estimate of drug-likeness (QED) is 0.180. The van der Waals surface area contributed by atoms with Crippen LogP contribution in [0.2, 0.25) is 0 Å². The van der Waals surface area contributed by atoms with E-state index in [0.717, 1.165) is 45.3 Å². The third kappa shape index (κ3) is 5.18. The summed E-state index contributed by atoms with van der Waals surface area (Å²) in [6.07, 6.45) is 0. The van der Waals surface area contributed by atoms with Gasteiger partial charge in [0.2, 0.25) is 0 Å². The third-order valence-corrected chi connectivity index (χ3v) is 11.1. The summed E-state index contributed by atoms with van der Waals surface area (Å²) in [4.78, 5) is 2.39. The van der Waals surface area contributed by atoms with Crippen LogP contribution in [0.15, 0.2) is 188 Å². The van der Waals surface area contributed by atoms with Crippen LogP contribution in [0.4, 0.5) is 17.1 Å². The summed E-state index contributed by atoms with van der Waals surface area (Å²) in [5, 5.41) is 0. The summed E-state index contributed by atoms with van der Waals surface area (Å²) < 4.78 is 6.44. The second kappa shape index (κ2) is 12.3. The van der Waals surface area contributed by atoms with Crippen molar-refractivity contribution < 1.29 is 4.74 Å². The molecule has 1 aliphatic heterocycles. The molecule has 53 heavy (non-hydrogen) atoms. The number of benzene rings is 8. The minimum absolute atomic E-state index is 0.0931. The largest absolute Gasteiger partial charge is 0.456 e. The first kappa shape index (κ1) is 31.1. The predicted molar refractivity (Wildman–Crippen MR) is 221 cm³/mol. The van der Waals surface area contributed by atoms with E-state index in [9.17, 15) is 0 Å². The van der Waals surface area contributed by atoms with Gasteiger partial charge in [0.1, 0.15) is 11.5 Å². The molecule has 0 N–H and O–H groups in total. The lowest BCUT2D eigenvalue weighted by atomic mass is 9.82. The molecule has 8 aromatic rings. The van der Waals surface area contributed by atoms with Gasteiger partial charge < -0.3 is 9.64 Å². The summed E-state index contributed by atoms with van der Waals surface area (Å²) >= 11 is 0. The highest BCUT2D eigenvalue weighted by Crippen LogP contribution is 2.51. The van der Waals surface area contributed by atoms with Crippen LogP contribution in [0.3, 0.4) is 0 Å². The van der Waals surface area contributed by atoms with Gasteiger partial charge in [-0.15, -0.1) is 0 Å². The molecular weight excluding hydrogens is 643 g/mol. The van der Waals surface area contributed by atoms with E-state index >= 15 is 0 Å². The zero-order valence-electron chi connectivity index (χ0n) is 29.8. The van der Waals surface area contributed by atoms with E-state index in [-0.39, 0.29) is 5.41 Å². The fraction of sp³-hybridized carbons (Fsp3) is 0.0588. The van der Waals surface area contributed by atoms with E-state index in [1.807, 2.05) is 12.1 Å². The molecule has 2 nitrogen and oxygen atoms in total. The van der Waals surface area contributed by atoms with Gasteiger partial charge in [-0.05, 0) is 110 Å². The second-order valence-electron chi connectivity index (χ2n) is 14.6. The molecule has 2 heteroatoms. The van der Waals surface area contributed by atoms with Crippen LogP contribution in [0.25, 0.3) is 55.6 Å². The van der Waals surface area contributed by atoms with E-state index in [1.54, 1.807) is 0 Å². The Morgan fingerprint density at radius 1 is 0.340 bits per heavy atom. The Labute approximate surface area is 311 Å². The summed E-state index contributed by atoms with van der Waals surface area (Å²) in [5.74, 6) is 1.76. The number of para-hydroxylation sites is 2. The van der Waals surface area contributed by atoms with Crippen LogP contribution in [0.5, 0.6) is 11.5 Å². The number of hydrogen-bond acceptors (Lipinski definition) is 2. The average Bonchev–Trinajstić information content (AvgIpc) is 3.34. The van der Waals surface area contributed by atoms with Gasteiger partial charge >= 0.3 is 0 Å². The molecule has 1 aliphatic carbocycles. The van der Waals surface area contributed by atoms with E-state index < -0.39 is 0 Å².